The zero-order chi connectivity index (χ0) is 17.2. The molecule has 2 aromatic rings. The van der Waals surface area contributed by atoms with Crippen molar-refractivity contribution < 1.29 is 22.9 Å². The van der Waals surface area contributed by atoms with Crippen LogP contribution in [0.15, 0.2) is 73.3 Å². The summed E-state index contributed by atoms with van der Waals surface area (Å²) in [7, 11) is -2.56. The highest BCUT2D eigenvalue weighted by atomic mass is 28.3. The molecule has 0 bridgehead atoms. The third-order valence-corrected chi connectivity index (χ3v) is 4.06. The summed E-state index contributed by atoms with van der Waals surface area (Å²) in [5.41, 5.74) is 0.728. The van der Waals surface area contributed by atoms with Crippen LogP contribution in [0.5, 0.6) is 0 Å². The Bertz CT molecular complexity index is 619. The molecular formula is C18H17O5Si. The van der Waals surface area contributed by atoms with Crippen LogP contribution < -0.4 is 0 Å². The SMILES string of the molecule is C=CCCO[Si](OC(=O)c1ccccc1)OC(=O)c1ccccc1. The monoisotopic (exact) mass is 341 g/mol. The first kappa shape index (κ1) is 17.6. The molecule has 123 valence electrons. The summed E-state index contributed by atoms with van der Waals surface area (Å²) in [6.45, 7) is 3.84. The van der Waals surface area contributed by atoms with Gasteiger partial charge in [-0.25, -0.2) is 9.59 Å². The molecular weight excluding hydrogens is 324 g/mol. The summed E-state index contributed by atoms with van der Waals surface area (Å²) in [5.74, 6) is -1.19. The van der Waals surface area contributed by atoms with Crippen molar-refractivity contribution in [1.29, 1.82) is 0 Å². The Hall–Kier alpha value is -2.70. The number of hydrogen-bond donors (Lipinski definition) is 0. The summed E-state index contributed by atoms with van der Waals surface area (Å²) in [6.07, 6.45) is 2.22. The number of benzene rings is 2. The number of rotatable bonds is 8. The topological polar surface area (TPSA) is 61.8 Å². The highest BCUT2D eigenvalue weighted by Gasteiger charge is 2.31. The van der Waals surface area contributed by atoms with E-state index < -0.39 is 21.5 Å². The van der Waals surface area contributed by atoms with Crippen molar-refractivity contribution in [3.05, 3.63) is 84.4 Å². The molecule has 0 fully saturated rings. The van der Waals surface area contributed by atoms with Crippen LogP contribution in [0, 0.1) is 0 Å². The lowest BCUT2D eigenvalue weighted by Crippen LogP contribution is -2.33. The molecule has 1 radical (unpaired) electrons. The van der Waals surface area contributed by atoms with Gasteiger partial charge in [0.2, 0.25) is 0 Å². The zero-order valence-corrected chi connectivity index (χ0v) is 14.0. The van der Waals surface area contributed by atoms with E-state index in [1.54, 1.807) is 66.7 Å². The van der Waals surface area contributed by atoms with Crippen LogP contribution in [0.25, 0.3) is 0 Å². The molecule has 0 spiro atoms. The molecule has 0 heterocycles. The van der Waals surface area contributed by atoms with Crippen molar-refractivity contribution in [3.63, 3.8) is 0 Å². The second kappa shape index (κ2) is 9.44. The largest absolute Gasteiger partial charge is 0.741 e. The average molecular weight is 341 g/mol. The Balaban J connectivity index is 2.02. The highest BCUT2D eigenvalue weighted by Crippen LogP contribution is 2.08. The Labute approximate surface area is 142 Å². The van der Waals surface area contributed by atoms with E-state index in [0.717, 1.165) is 0 Å². The van der Waals surface area contributed by atoms with Crippen LogP contribution in [-0.4, -0.2) is 28.1 Å². The van der Waals surface area contributed by atoms with Crippen molar-refractivity contribution in [2.24, 2.45) is 0 Å². The van der Waals surface area contributed by atoms with E-state index in [-0.39, 0.29) is 6.61 Å². The first-order chi connectivity index (χ1) is 11.7. The minimum absolute atomic E-state index is 0.252. The molecule has 0 amide bonds. The maximum Gasteiger partial charge on any atom is 0.741 e. The Kier molecular flexibility index (Phi) is 6.94. The fourth-order valence-corrected chi connectivity index (χ4v) is 2.71. The predicted molar refractivity (Wildman–Crippen MR) is 90.2 cm³/mol. The number of hydrogen-bond acceptors (Lipinski definition) is 5. The highest BCUT2D eigenvalue weighted by molar-refractivity contribution is 6.43. The lowest BCUT2D eigenvalue weighted by atomic mass is 10.2. The third-order valence-electron chi connectivity index (χ3n) is 2.91. The zero-order valence-electron chi connectivity index (χ0n) is 13.0. The summed E-state index contributed by atoms with van der Waals surface area (Å²) in [4.78, 5) is 24.2. The lowest BCUT2D eigenvalue weighted by molar-refractivity contribution is 0.0453. The van der Waals surface area contributed by atoms with Gasteiger partial charge in [-0.05, 0) is 30.7 Å². The van der Waals surface area contributed by atoms with Gasteiger partial charge < -0.3 is 13.3 Å². The smallest absolute Gasteiger partial charge is 0.457 e. The van der Waals surface area contributed by atoms with Gasteiger partial charge in [0.25, 0.3) is 0 Å². The molecule has 0 unspecified atom stereocenters. The van der Waals surface area contributed by atoms with E-state index >= 15 is 0 Å². The van der Waals surface area contributed by atoms with Crippen LogP contribution in [0.3, 0.4) is 0 Å². The third kappa shape index (κ3) is 5.49. The summed E-state index contributed by atoms with van der Waals surface area (Å²) in [5, 5.41) is 0. The summed E-state index contributed by atoms with van der Waals surface area (Å²) < 4.78 is 15.9. The van der Waals surface area contributed by atoms with Gasteiger partial charge in [0, 0.05) is 6.61 Å². The van der Waals surface area contributed by atoms with Crippen molar-refractivity contribution in [2.45, 2.75) is 6.42 Å². The van der Waals surface area contributed by atoms with E-state index in [4.69, 9.17) is 13.3 Å². The first-order valence-corrected chi connectivity index (χ1v) is 8.58. The second-order valence-electron chi connectivity index (χ2n) is 4.69. The molecule has 0 aliphatic rings. The van der Waals surface area contributed by atoms with E-state index in [0.29, 0.717) is 17.5 Å². The Morgan fingerprint density at radius 3 is 1.75 bits per heavy atom. The minimum atomic E-state index is -2.56. The molecule has 0 saturated heterocycles. The van der Waals surface area contributed by atoms with Crippen molar-refractivity contribution in [3.8, 4) is 0 Å². The first-order valence-electron chi connectivity index (χ1n) is 7.36. The molecule has 24 heavy (non-hydrogen) atoms. The molecule has 0 N–H and O–H groups in total. The van der Waals surface area contributed by atoms with Gasteiger partial charge in [0.15, 0.2) is 0 Å². The Morgan fingerprint density at radius 2 is 1.33 bits per heavy atom. The van der Waals surface area contributed by atoms with Crippen molar-refractivity contribution in [1.82, 2.24) is 0 Å². The summed E-state index contributed by atoms with van der Waals surface area (Å²) in [6, 6.07) is 16.9. The summed E-state index contributed by atoms with van der Waals surface area (Å²) >= 11 is 0. The van der Waals surface area contributed by atoms with Crippen LogP contribution in [0.1, 0.15) is 27.1 Å². The maximum atomic E-state index is 12.1. The Morgan fingerprint density at radius 1 is 0.875 bits per heavy atom. The number of carbonyl (C=O) groups is 2. The van der Waals surface area contributed by atoms with Crippen LogP contribution in [0.4, 0.5) is 0 Å². The van der Waals surface area contributed by atoms with Crippen LogP contribution >= 0.6 is 0 Å². The maximum absolute atomic E-state index is 12.1. The van der Waals surface area contributed by atoms with E-state index in [2.05, 4.69) is 6.58 Å². The van der Waals surface area contributed by atoms with Gasteiger partial charge in [0.1, 0.15) is 0 Å². The van der Waals surface area contributed by atoms with Crippen LogP contribution in [-0.2, 0) is 13.3 Å². The number of carbonyl (C=O) groups excluding carboxylic acids is 2. The fraction of sp³-hybridized carbons (Fsp3) is 0.111. The molecule has 5 nitrogen and oxygen atoms in total. The fourth-order valence-electron chi connectivity index (χ4n) is 1.72. The molecule has 0 aliphatic heterocycles. The van der Waals surface area contributed by atoms with Crippen molar-refractivity contribution >= 4 is 21.5 Å². The van der Waals surface area contributed by atoms with Gasteiger partial charge >= 0.3 is 21.5 Å². The van der Waals surface area contributed by atoms with Crippen molar-refractivity contribution in [2.75, 3.05) is 6.61 Å². The van der Waals surface area contributed by atoms with Gasteiger partial charge in [-0.2, -0.15) is 0 Å². The minimum Gasteiger partial charge on any atom is -0.457 e. The normalized spacial score (nSPS) is 10.2. The van der Waals surface area contributed by atoms with Gasteiger partial charge in [0.05, 0.1) is 11.1 Å². The molecule has 2 rings (SSSR count). The van der Waals surface area contributed by atoms with Gasteiger partial charge in [-0.1, -0.05) is 42.5 Å². The molecule has 0 aliphatic carbocycles. The molecule has 6 heteroatoms. The molecule has 0 saturated carbocycles. The second-order valence-corrected chi connectivity index (χ2v) is 5.88. The molecule has 0 aromatic heterocycles. The van der Waals surface area contributed by atoms with E-state index in [9.17, 15) is 9.59 Å². The van der Waals surface area contributed by atoms with Gasteiger partial charge in [-0.15, -0.1) is 6.58 Å². The van der Waals surface area contributed by atoms with Gasteiger partial charge in [-0.3, -0.25) is 0 Å². The standard InChI is InChI=1S/C18H17O5Si/c1-2-3-14-21-24(22-17(19)15-10-6-4-7-11-15)23-18(20)16-12-8-5-9-13-16/h2,4-13H,1,3,14H2. The molecule has 0 atom stereocenters. The van der Waals surface area contributed by atoms with Crippen LogP contribution in [0.2, 0.25) is 0 Å². The van der Waals surface area contributed by atoms with E-state index in [1.807, 2.05) is 0 Å². The quantitative estimate of drug-likeness (QED) is 0.419. The van der Waals surface area contributed by atoms with E-state index in [1.165, 1.54) is 0 Å². The lowest BCUT2D eigenvalue weighted by Gasteiger charge is -2.14. The molecule has 2 aromatic carbocycles. The average Bonchev–Trinajstić information content (AvgIpc) is 2.63. The predicted octanol–water partition coefficient (Wildman–Crippen LogP) is 3.28.